The monoisotopic (exact) mass is 714 g/mol. The Morgan fingerprint density at radius 3 is 1.19 bits per heavy atom. The van der Waals surface area contributed by atoms with Gasteiger partial charge < -0.3 is 20.8 Å². The fourth-order valence-corrected chi connectivity index (χ4v) is 7.10. The molecule has 6 aromatic carbocycles. The molecule has 0 aliphatic rings. The molecule has 1 heterocycles. The van der Waals surface area contributed by atoms with Crippen molar-refractivity contribution in [3.8, 4) is 22.3 Å². The minimum Gasteiger partial charge on any atom is -0.478 e. The van der Waals surface area contributed by atoms with Crippen LogP contribution < -0.4 is 10.6 Å². The fraction of sp³-hybridized carbons (Fsp3) is 0. The van der Waals surface area contributed by atoms with Crippen molar-refractivity contribution in [1.82, 2.24) is 0 Å². The molecular formula is C44H30N2O6S. The Labute approximate surface area is 308 Å². The predicted octanol–water partition coefficient (Wildman–Crippen LogP) is 10.1. The van der Waals surface area contributed by atoms with Gasteiger partial charge in [-0.3, -0.25) is 9.59 Å². The normalized spacial score (nSPS) is 11.3. The molecule has 0 aliphatic heterocycles. The number of carbonyl (C=O) groups excluding carboxylic acids is 2. The first-order valence-corrected chi connectivity index (χ1v) is 17.3. The van der Waals surface area contributed by atoms with E-state index in [1.165, 1.54) is 35.6 Å². The van der Waals surface area contributed by atoms with Crippen molar-refractivity contribution in [2.75, 3.05) is 10.6 Å². The average molecular weight is 715 g/mol. The first-order chi connectivity index (χ1) is 25.7. The minimum absolute atomic E-state index is 0.0968. The minimum atomic E-state index is -1.26. The molecule has 8 nitrogen and oxygen atoms in total. The van der Waals surface area contributed by atoms with Gasteiger partial charge in [0.25, 0.3) is 0 Å². The largest absolute Gasteiger partial charge is 0.478 e. The van der Waals surface area contributed by atoms with E-state index in [-0.39, 0.29) is 22.5 Å². The Balaban J connectivity index is 1.10. The van der Waals surface area contributed by atoms with Crippen LogP contribution in [0, 0.1) is 0 Å². The molecule has 0 unspecified atom stereocenters. The topological polar surface area (TPSA) is 133 Å². The van der Waals surface area contributed by atoms with Crippen molar-refractivity contribution in [3.05, 3.63) is 168 Å². The predicted molar refractivity (Wildman–Crippen MR) is 212 cm³/mol. The number of nitrogens with one attached hydrogen (secondary N) is 2. The van der Waals surface area contributed by atoms with Gasteiger partial charge in [0.05, 0.1) is 22.5 Å². The van der Waals surface area contributed by atoms with E-state index in [0.29, 0.717) is 20.2 Å². The zero-order valence-corrected chi connectivity index (χ0v) is 28.8. The third-order valence-electron chi connectivity index (χ3n) is 8.62. The smallest absolute Gasteiger partial charge is 0.337 e. The number of carboxylic acid groups (broad SMARTS) is 2. The van der Waals surface area contributed by atoms with Gasteiger partial charge in [0, 0.05) is 32.3 Å². The van der Waals surface area contributed by atoms with Crippen molar-refractivity contribution in [2.45, 2.75) is 0 Å². The zero-order valence-electron chi connectivity index (χ0n) is 27.9. The second-order valence-corrected chi connectivity index (χ2v) is 13.2. The molecule has 0 radical (unpaired) electrons. The third-order valence-corrected chi connectivity index (χ3v) is 9.73. The molecule has 7 rings (SSSR count). The van der Waals surface area contributed by atoms with Gasteiger partial charge in [0.2, 0.25) is 11.8 Å². The van der Waals surface area contributed by atoms with E-state index in [4.69, 9.17) is 0 Å². The number of hydrogen-bond donors (Lipinski definition) is 4. The summed E-state index contributed by atoms with van der Waals surface area (Å²) in [6.45, 7) is 0. The number of anilines is 2. The van der Waals surface area contributed by atoms with Crippen LogP contribution in [-0.2, 0) is 9.59 Å². The lowest BCUT2D eigenvalue weighted by atomic mass is 10.0. The second-order valence-electron chi connectivity index (χ2n) is 12.1. The molecule has 4 N–H and O–H groups in total. The van der Waals surface area contributed by atoms with Crippen molar-refractivity contribution >= 4 is 78.8 Å². The molecule has 9 heteroatoms. The Kier molecular flexibility index (Phi) is 9.74. The van der Waals surface area contributed by atoms with Gasteiger partial charge in [0.1, 0.15) is 0 Å². The summed E-state index contributed by atoms with van der Waals surface area (Å²) in [6.07, 6.45) is 5.95. The maximum absolute atomic E-state index is 12.9. The highest BCUT2D eigenvalue weighted by Crippen LogP contribution is 2.40. The number of rotatable bonds is 10. The third kappa shape index (κ3) is 7.80. The Bertz CT molecular complexity index is 2390. The summed E-state index contributed by atoms with van der Waals surface area (Å²) < 4.78 is 1.25. The number of benzene rings is 6. The van der Waals surface area contributed by atoms with Crippen molar-refractivity contribution in [3.63, 3.8) is 0 Å². The van der Waals surface area contributed by atoms with Crippen LogP contribution in [0.15, 0.2) is 146 Å². The number of amides is 2. The van der Waals surface area contributed by atoms with Gasteiger partial charge in [-0.05, 0) is 69.8 Å². The van der Waals surface area contributed by atoms with E-state index in [2.05, 4.69) is 10.6 Å². The Morgan fingerprint density at radius 1 is 0.472 bits per heavy atom. The lowest BCUT2D eigenvalue weighted by molar-refractivity contribution is -0.112. The molecule has 0 saturated carbocycles. The highest BCUT2D eigenvalue weighted by molar-refractivity contribution is 7.25. The Morgan fingerprint density at radius 2 is 0.830 bits per heavy atom. The number of hydrogen-bond acceptors (Lipinski definition) is 5. The highest BCUT2D eigenvalue weighted by Gasteiger charge is 2.20. The van der Waals surface area contributed by atoms with E-state index in [1.807, 2.05) is 109 Å². The van der Waals surface area contributed by atoms with Crippen molar-refractivity contribution in [1.29, 1.82) is 0 Å². The van der Waals surface area contributed by atoms with E-state index in [9.17, 15) is 29.4 Å². The molecule has 0 spiro atoms. The standard InChI is InChI=1S/C44H30N2O6S/c47-41(21-15-27-11-17-31(18-12-27)29-7-3-1-4-8-29)45-37-25-39-33(23-35(37)43(49)50)34-24-36(44(51)52)38(26-40(34)53-39)46-42(48)22-16-28-13-19-32(20-14-28)30-9-5-2-6-10-30/h1-26H,(H,45,47)(H,46,48)(H,49,50)(H,51,52). The summed E-state index contributed by atoms with van der Waals surface area (Å²) in [6, 6.07) is 41.2. The molecule has 0 bridgehead atoms. The first kappa shape index (κ1) is 34.4. The van der Waals surface area contributed by atoms with Gasteiger partial charge >= 0.3 is 11.9 Å². The summed E-state index contributed by atoms with van der Waals surface area (Å²) in [5.74, 6) is -3.55. The lowest BCUT2D eigenvalue weighted by Gasteiger charge is -2.09. The SMILES string of the molecule is O=C(C=Cc1ccc(-c2ccccc2)cc1)Nc1cc2sc3cc(NC(=O)C=Cc4ccc(-c5ccccc5)cc4)c(C(=O)O)cc3c2cc1C(=O)O. The van der Waals surface area contributed by atoms with E-state index in [0.717, 1.165) is 33.4 Å². The summed E-state index contributed by atoms with van der Waals surface area (Å²) in [5.41, 5.74) is 5.71. The maximum atomic E-state index is 12.9. The summed E-state index contributed by atoms with van der Waals surface area (Å²) in [5, 5.41) is 26.5. The number of carboxylic acids is 2. The quantitative estimate of drug-likeness (QED) is 0.104. The molecule has 0 aliphatic carbocycles. The average Bonchev–Trinajstić information content (AvgIpc) is 3.52. The number of thiophene rings is 1. The van der Waals surface area contributed by atoms with Crippen LogP contribution in [0.4, 0.5) is 11.4 Å². The van der Waals surface area contributed by atoms with E-state index >= 15 is 0 Å². The van der Waals surface area contributed by atoms with Gasteiger partial charge in [-0.2, -0.15) is 0 Å². The number of carbonyl (C=O) groups is 4. The van der Waals surface area contributed by atoms with Crippen LogP contribution in [0.1, 0.15) is 31.8 Å². The molecule has 0 atom stereocenters. The summed E-state index contributed by atoms with van der Waals surface area (Å²) >= 11 is 1.28. The second kappa shape index (κ2) is 15.0. The van der Waals surface area contributed by atoms with Gasteiger partial charge in [-0.15, -0.1) is 11.3 Å². The molecule has 7 aromatic rings. The zero-order chi connectivity index (χ0) is 36.9. The highest BCUT2D eigenvalue weighted by atomic mass is 32.1. The van der Waals surface area contributed by atoms with Crippen LogP contribution >= 0.6 is 11.3 Å². The molecule has 0 saturated heterocycles. The number of fused-ring (bicyclic) bond motifs is 3. The van der Waals surface area contributed by atoms with Crippen LogP contribution in [0.3, 0.4) is 0 Å². The van der Waals surface area contributed by atoms with Crippen molar-refractivity contribution in [2.24, 2.45) is 0 Å². The van der Waals surface area contributed by atoms with Gasteiger partial charge in [-0.25, -0.2) is 9.59 Å². The number of aromatic carboxylic acids is 2. The molecule has 2 amide bonds. The molecule has 258 valence electrons. The summed E-state index contributed by atoms with van der Waals surface area (Å²) in [7, 11) is 0. The van der Waals surface area contributed by atoms with Crippen LogP contribution in [0.2, 0.25) is 0 Å². The lowest BCUT2D eigenvalue weighted by Crippen LogP contribution is -2.12. The molecule has 0 fully saturated rings. The molecular weight excluding hydrogens is 685 g/mol. The molecule has 53 heavy (non-hydrogen) atoms. The van der Waals surface area contributed by atoms with Gasteiger partial charge in [-0.1, -0.05) is 109 Å². The first-order valence-electron chi connectivity index (χ1n) is 16.5. The van der Waals surface area contributed by atoms with Crippen molar-refractivity contribution < 1.29 is 29.4 Å². The fourth-order valence-electron chi connectivity index (χ4n) is 5.96. The van der Waals surface area contributed by atoms with E-state index in [1.54, 1.807) is 24.3 Å². The van der Waals surface area contributed by atoms with Crippen LogP contribution in [0.25, 0.3) is 54.6 Å². The Hall–Kier alpha value is -7.10. The van der Waals surface area contributed by atoms with E-state index < -0.39 is 23.8 Å². The molecule has 1 aromatic heterocycles. The van der Waals surface area contributed by atoms with Gasteiger partial charge in [0.15, 0.2) is 0 Å². The van der Waals surface area contributed by atoms with Crippen LogP contribution in [-0.4, -0.2) is 34.0 Å². The maximum Gasteiger partial charge on any atom is 0.337 e. The summed E-state index contributed by atoms with van der Waals surface area (Å²) in [4.78, 5) is 50.5. The van der Waals surface area contributed by atoms with Crippen LogP contribution in [0.5, 0.6) is 0 Å².